The summed E-state index contributed by atoms with van der Waals surface area (Å²) in [6, 6.07) is 18.0. The number of carbonyl (C=O) groups excluding carboxylic acids is 2. The lowest BCUT2D eigenvalue weighted by molar-refractivity contribution is 0.0527. The zero-order valence-corrected chi connectivity index (χ0v) is 16.3. The van der Waals surface area contributed by atoms with Gasteiger partial charge in [0.15, 0.2) is 5.69 Å². The highest BCUT2D eigenvalue weighted by molar-refractivity contribution is 6.07. The average molecular weight is 390 g/mol. The summed E-state index contributed by atoms with van der Waals surface area (Å²) in [5.74, 6) is -0.387. The fourth-order valence-corrected chi connectivity index (χ4v) is 2.71. The van der Waals surface area contributed by atoms with Gasteiger partial charge in [0.2, 0.25) is 0 Å². The van der Waals surface area contributed by atoms with Gasteiger partial charge in [0.1, 0.15) is 5.82 Å². The first-order chi connectivity index (χ1) is 14.1. The third-order valence-electron chi connectivity index (χ3n) is 4.29. The van der Waals surface area contributed by atoms with E-state index >= 15 is 0 Å². The summed E-state index contributed by atoms with van der Waals surface area (Å²) in [6.07, 6.45) is 0. The summed E-state index contributed by atoms with van der Waals surface area (Å²) in [7, 11) is 0. The van der Waals surface area contributed by atoms with Gasteiger partial charge in [-0.15, -0.1) is 10.2 Å². The van der Waals surface area contributed by atoms with Crippen molar-refractivity contribution in [2.45, 2.75) is 20.4 Å². The van der Waals surface area contributed by atoms with Crippen molar-refractivity contribution in [2.75, 3.05) is 17.2 Å². The minimum absolute atomic E-state index is 0.144. The van der Waals surface area contributed by atoms with E-state index in [0.717, 1.165) is 5.56 Å². The second kappa shape index (κ2) is 9.45. The zero-order chi connectivity index (χ0) is 20.6. The SMILES string of the molecule is CCOC(=O)c1ccccc1NC(=O)c1ccc(NCc2ccccc2C)nn1. The number of benzene rings is 2. The van der Waals surface area contributed by atoms with Crippen LogP contribution in [0.25, 0.3) is 0 Å². The van der Waals surface area contributed by atoms with E-state index in [1.165, 1.54) is 5.56 Å². The number of aryl methyl sites for hydroxylation is 1. The van der Waals surface area contributed by atoms with Crippen molar-refractivity contribution < 1.29 is 14.3 Å². The standard InChI is InChI=1S/C22H22N4O3/c1-3-29-22(28)17-10-6-7-11-18(17)24-21(27)19-12-13-20(26-25-19)23-14-16-9-5-4-8-15(16)2/h4-13H,3,14H2,1-2H3,(H,23,26)(H,24,27). The Bertz CT molecular complexity index is 1000. The average Bonchev–Trinajstić information content (AvgIpc) is 2.74. The molecule has 0 spiro atoms. The van der Waals surface area contributed by atoms with Gasteiger partial charge in [-0.1, -0.05) is 36.4 Å². The monoisotopic (exact) mass is 390 g/mol. The topological polar surface area (TPSA) is 93.2 Å². The number of carbonyl (C=O) groups is 2. The first kappa shape index (κ1) is 20.0. The molecule has 0 bridgehead atoms. The predicted octanol–water partition coefficient (Wildman–Crippen LogP) is 3.83. The van der Waals surface area contributed by atoms with Crippen molar-refractivity contribution in [1.82, 2.24) is 10.2 Å². The molecular formula is C22H22N4O3. The summed E-state index contributed by atoms with van der Waals surface area (Å²) in [5, 5.41) is 13.9. The summed E-state index contributed by atoms with van der Waals surface area (Å²) in [6.45, 7) is 4.64. The third kappa shape index (κ3) is 5.16. The maximum absolute atomic E-state index is 12.5. The Morgan fingerprint density at radius 3 is 2.45 bits per heavy atom. The van der Waals surface area contributed by atoms with Crippen LogP contribution in [0.15, 0.2) is 60.7 Å². The van der Waals surface area contributed by atoms with Crippen LogP contribution in [0.4, 0.5) is 11.5 Å². The Kier molecular flexibility index (Phi) is 6.52. The van der Waals surface area contributed by atoms with Crippen molar-refractivity contribution in [3.8, 4) is 0 Å². The summed E-state index contributed by atoms with van der Waals surface area (Å²) >= 11 is 0. The number of esters is 1. The quantitative estimate of drug-likeness (QED) is 0.596. The zero-order valence-electron chi connectivity index (χ0n) is 16.3. The van der Waals surface area contributed by atoms with Crippen LogP contribution in [0.5, 0.6) is 0 Å². The molecule has 148 valence electrons. The maximum Gasteiger partial charge on any atom is 0.340 e. The van der Waals surface area contributed by atoms with E-state index in [1.807, 2.05) is 31.2 Å². The van der Waals surface area contributed by atoms with Gasteiger partial charge in [-0.3, -0.25) is 4.79 Å². The number of nitrogens with one attached hydrogen (secondary N) is 2. The Balaban J connectivity index is 1.65. The van der Waals surface area contributed by atoms with Crippen LogP contribution in [-0.4, -0.2) is 28.7 Å². The molecule has 2 aromatic carbocycles. The molecule has 3 rings (SSSR count). The number of aromatic nitrogens is 2. The van der Waals surface area contributed by atoms with Gasteiger partial charge in [-0.25, -0.2) is 4.79 Å². The second-order valence-electron chi connectivity index (χ2n) is 6.30. The van der Waals surface area contributed by atoms with Gasteiger partial charge >= 0.3 is 5.97 Å². The van der Waals surface area contributed by atoms with Crippen LogP contribution in [0.3, 0.4) is 0 Å². The third-order valence-corrected chi connectivity index (χ3v) is 4.29. The smallest absolute Gasteiger partial charge is 0.340 e. The summed E-state index contributed by atoms with van der Waals surface area (Å²) in [4.78, 5) is 24.5. The largest absolute Gasteiger partial charge is 0.462 e. The first-order valence-electron chi connectivity index (χ1n) is 9.28. The number of ether oxygens (including phenoxy) is 1. The molecule has 1 amide bonds. The number of para-hydroxylation sites is 1. The van der Waals surface area contributed by atoms with E-state index in [9.17, 15) is 9.59 Å². The van der Waals surface area contributed by atoms with Crippen molar-refractivity contribution in [2.24, 2.45) is 0 Å². The van der Waals surface area contributed by atoms with Crippen molar-refractivity contribution in [3.63, 3.8) is 0 Å². The molecule has 0 fully saturated rings. The number of nitrogens with zero attached hydrogens (tertiary/aromatic N) is 2. The van der Waals surface area contributed by atoms with Crippen LogP contribution < -0.4 is 10.6 Å². The van der Waals surface area contributed by atoms with Crippen LogP contribution >= 0.6 is 0 Å². The van der Waals surface area contributed by atoms with E-state index in [2.05, 4.69) is 20.8 Å². The highest BCUT2D eigenvalue weighted by Crippen LogP contribution is 2.17. The second-order valence-corrected chi connectivity index (χ2v) is 6.30. The minimum Gasteiger partial charge on any atom is -0.462 e. The number of anilines is 2. The molecule has 1 heterocycles. The molecule has 1 aromatic heterocycles. The van der Waals surface area contributed by atoms with E-state index in [1.54, 1.807) is 43.3 Å². The Morgan fingerprint density at radius 2 is 1.72 bits per heavy atom. The molecule has 7 heteroatoms. The molecule has 0 radical (unpaired) electrons. The number of hydrogen-bond donors (Lipinski definition) is 2. The number of rotatable bonds is 7. The summed E-state index contributed by atoms with van der Waals surface area (Å²) < 4.78 is 5.02. The Morgan fingerprint density at radius 1 is 0.966 bits per heavy atom. The maximum atomic E-state index is 12.5. The molecule has 0 saturated heterocycles. The van der Waals surface area contributed by atoms with Gasteiger partial charge in [-0.2, -0.15) is 0 Å². The number of hydrogen-bond acceptors (Lipinski definition) is 6. The molecule has 0 aliphatic rings. The molecule has 29 heavy (non-hydrogen) atoms. The molecule has 0 aliphatic carbocycles. The highest BCUT2D eigenvalue weighted by Gasteiger charge is 2.15. The van der Waals surface area contributed by atoms with Crippen molar-refractivity contribution in [1.29, 1.82) is 0 Å². The van der Waals surface area contributed by atoms with Gasteiger partial charge in [0.25, 0.3) is 5.91 Å². The van der Waals surface area contributed by atoms with Gasteiger partial charge in [0, 0.05) is 6.54 Å². The summed E-state index contributed by atoms with van der Waals surface area (Å²) in [5.41, 5.74) is 3.13. The molecule has 0 saturated carbocycles. The van der Waals surface area contributed by atoms with Crippen molar-refractivity contribution in [3.05, 3.63) is 83.0 Å². The van der Waals surface area contributed by atoms with Gasteiger partial charge < -0.3 is 15.4 Å². The highest BCUT2D eigenvalue weighted by atomic mass is 16.5. The lowest BCUT2D eigenvalue weighted by Gasteiger charge is -2.10. The van der Waals surface area contributed by atoms with E-state index in [0.29, 0.717) is 18.1 Å². The first-order valence-corrected chi connectivity index (χ1v) is 9.28. The minimum atomic E-state index is -0.495. The lowest BCUT2D eigenvalue weighted by Crippen LogP contribution is -2.17. The molecule has 3 aromatic rings. The van der Waals surface area contributed by atoms with Gasteiger partial charge in [0.05, 0.1) is 17.9 Å². The van der Waals surface area contributed by atoms with E-state index in [-0.39, 0.29) is 17.9 Å². The van der Waals surface area contributed by atoms with Crippen LogP contribution in [0, 0.1) is 6.92 Å². The molecule has 0 aliphatic heterocycles. The molecule has 0 atom stereocenters. The molecule has 0 unspecified atom stereocenters. The van der Waals surface area contributed by atoms with Crippen LogP contribution in [0.2, 0.25) is 0 Å². The Hall–Kier alpha value is -3.74. The van der Waals surface area contributed by atoms with E-state index in [4.69, 9.17) is 4.74 Å². The lowest BCUT2D eigenvalue weighted by atomic mass is 10.1. The van der Waals surface area contributed by atoms with Crippen LogP contribution in [0.1, 0.15) is 38.9 Å². The molecule has 7 nitrogen and oxygen atoms in total. The fourth-order valence-electron chi connectivity index (χ4n) is 2.71. The van der Waals surface area contributed by atoms with Gasteiger partial charge in [-0.05, 0) is 49.2 Å². The van der Waals surface area contributed by atoms with Crippen LogP contribution in [-0.2, 0) is 11.3 Å². The fraction of sp³-hybridized carbons (Fsp3) is 0.182. The van der Waals surface area contributed by atoms with Crippen molar-refractivity contribution >= 4 is 23.4 Å². The number of amides is 1. The Labute approximate surface area is 169 Å². The van der Waals surface area contributed by atoms with E-state index < -0.39 is 11.9 Å². The molecular weight excluding hydrogens is 368 g/mol. The predicted molar refractivity (Wildman–Crippen MR) is 111 cm³/mol. The molecule has 2 N–H and O–H groups in total. The normalized spacial score (nSPS) is 10.3.